The van der Waals surface area contributed by atoms with Gasteiger partial charge in [-0.3, -0.25) is 9.89 Å². The normalized spacial score (nSPS) is 15.5. The SMILES string of the molecule is CCc1n[nH]c(Br)c1C(=O)N(C)c1cccc2c1CCC2(C)C. The first-order chi connectivity index (χ1) is 10.9. The Hall–Kier alpha value is -1.62. The molecule has 0 aliphatic heterocycles. The number of benzene rings is 1. The molecule has 1 heterocycles. The summed E-state index contributed by atoms with van der Waals surface area (Å²) >= 11 is 3.41. The van der Waals surface area contributed by atoms with E-state index in [1.165, 1.54) is 11.1 Å². The van der Waals surface area contributed by atoms with Gasteiger partial charge in [-0.25, -0.2) is 0 Å². The molecule has 1 aromatic carbocycles. The summed E-state index contributed by atoms with van der Waals surface area (Å²) in [5, 5.41) is 7.07. The first-order valence-electron chi connectivity index (χ1n) is 8.00. The lowest BCUT2D eigenvalue weighted by atomic mass is 9.86. The summed E-state index contributed by atoms with van der Waals surface area (Å²) in [6.07, 6.45) is 2.86. The van der Waals surface area contributed by atoms with Crippen molar-refractivity contribution in [2.75, 3.05) is 11.9 Å². The monoisotopic (exact) mass is 375 g/mol. The molecule has 1 aliphatic rings. The van der Waals surface area contributed by atoms with Crippen molar-refractivity contribution in [1.29, 1.82) is 0 Å². The summed E-state index contributed by atoms with van der Waals surface area (Å²) in [5.41, 5.74) is 5.27. The van der Waals surface area contributed by atoms with Gasteiger partial charge in [0.2, 0.25) is 0 Å². The van der Waals surface area contributed by atoms with Gasteiger partial charge in [0.05, 0.1) is 11.3 Å². The Balaban J connectivity index is 2.02. The molecule has 1 aliphatic carbocycles. The number of carbonyl (C=O) groups is 1. The molecule has 5 heteroatoms. The smallest absolute Gasteiger partial charge is 0.262 e. The second-order valence-electron chi connectivity index (χ2n) is 6.76. The van der Waals surface area contributed by atoms with E-state index < -0.39 is 0 Å². The van der Waals surface area contributed by atoms with Crippen LogP contribution in [0, 0.1) is 0 Å². The standard InChI is InChI=1S/C18H22BrN3O/c1-5-13-15(16(19)21-20-13)17(23)22(4)14-8-6-7-12-11(14)9-10-18(12,2)3/h6-8H,5,9-10H2,1-4H3,(H,20,21). The number of amides is 1. The van der Waals surface area contributed by atoms with E-state index in [9.17, 15) is 4.79 Å². The number of carbonyl (C=O) groups excluding carboxylic acids is 1. The fourth-order valence-corrected chi connectivity index (χ4v) is 3.95. The maximum absolute atomic E-state index is 13.0. The van der Waals surface area contributed by atoms with Crippen LogP contribution >= 0.6 is 15.9 Å². The molecule has 0 spiro atoms. The van der Waals surface area contributed by atoms with Crippen LogP contribution in [-0.4, -0.2) is 23.2 Å². The van der Waals surface area contributed by atoms with Crippen LogP contribution in [0.5, 0.6) is 0 Å². The van der Waals surface area contributed by atoms with Gasteiger partial charge in [0.25, 0.3) is 5.91 Å². The molecule has 4 nitrogen and oxygen atoms in total. The highest BCUT2D eigenvalue weighted by atomic mass is 79.9. The van der Waals surface area contributed by atoms with Gasteiger partial charge in [-0.2, -0.15) is 5.10 Å². The summed E-state index contributed by atoms with van der Waals surface area (Å²) in [4.78, 5) is 14.8. The van der Waals surface area contributed by atoms with Gasteiger partial charge in [0, 0.05) is 12.7 Å². The van der Waals surface area contributed by atoms with E-state index in [0.717, 1.165) is 30.6 Å². The number of nitrogens with one attached hydrogen (secondary N) is 1. The number of aromatic nitrogens is 2. The molecule has 1 aromatic heterocycles. The number of aromatic amines is 1. The van der Waals surface area contributed by atoms with E-state index in [-0.39, 0.29) is 11.3 Å². The zero-order valence-corrected chi connectivity index (χ0v) is 15.6. The quantitative estimate of drug-likeness (QED) is 0.871. The van der Waals surface area contributed by atoms with Crippen LogP contribution in [0.25, 0.3) is 0 Å². The minimum Gasteiger partial charge on any atom is -0.311 e. The van der Waals surface area contributed by atoms with Crippen molar-refractivity contribution in [1.82, 2.24) is 10.2 Å². The highest BCUT2D eigenvalue weighted by Crippen LogP contribution is 2.42. The molecule has 23 heavy (non-hydrogen) atoms. The number of H-pyrrole nitrogens is 1. The zero-order chi connectivity index (χ0) is 16.8. The molecule has 0 unspecified atom stereocenters. The van der Waals surface area contributed by atoms with Gasteiger partial charge in [-0.1, -0.05) is 32.9 Å². The van der Waals surface area contributed by atoms with Crippen LogP contribution in [0.1, 0.15) is 54.4 Å². The number of aryl methyl sites for hydroxylation is 1. The highest BCUT2D eigenvalue weighted by Gasteiger charge is 2.33. The summed E-state index contributed by atoms with van der Waals surface area (Å²) in [6.45, 7) is 6.54. The molecule has 122 valence electrons. The minimum absolute atomic E-state index is 0.0272. The van der Waals surface area contributed by atoms with Gasteiger partial charge in [0.1, 0.15) is 4.60 Å². The van der Waals surface area contributed by atoms with Crippen LogP contribution in [-0.2, 0) is 18.3 Å². The van der Waals surface area contributed by atoms with Crippen LogP contribution in [0.4, 0.5) is 5.69 Å². The first-order valence-corrected chi connectivity index (χ1v) is 8.79. The molecular weight excluding hydrogens is 354 g/mol. The summed E-state index contributed by atoms with van der Waals surface area (Å²) in [5.74, 6) is -0.0272. The molecule has 0 bridgehead atoms. The van der Waals surface area contributed by atoms with Crippen LogP contribution in [0.15, 0.2) is 22.8 Å². The van der Waals surface area contributed by atoms with E-state index in [0.29, 0.717) is 10.2 Å². The van der Waals surface area contributed by atoms with Gasteiger partial charge in [-0.15, -0.1) is 0 Å². The first kappa shape index (κ1) is 16.2. The molecule has 0 saturated heterocycles. The lowest BCUT2D eigenvalue weighted by Gasteiger charge is -2.23. The fraction of sp³-hybridized carbons (Fsp3) is 0.444. The Morgan fingerprint density at radius 2 is 2.17 bits per heavy atom. The summed E-state index contributed by atoms with van der Waals surface area (Å²) in [6, 6.07) is 6.28. The summed E-state index contributed by atoms with van der Waals surface area (Å²) in [7, 11) is 1.85. The molecule has 0 radical (unpaired) electrons. The van der Waals surface area contributed by atoms with E-state index in [1.807, 2.05) is 20.0 Å². The lowest BCUT2D eigenvalue weighted by molar-refractivity contribution is 0.0991. The fourth-order valence-electron chi connectivity index (χ4n) is 3.46. The van der Waals surface area contributed by atoms with Crippen LogP contribution in [0.2, 0.25) is 0 Å². The molecular formula is C18H22BrN3O. The Bertz CT molecular complexity index is 764. The molecule has 0 atom stereocenters. The highest BCUT2D eigenvalue weighted by molar-refractivity contribution is 9.10. The van der Waals surface area contributed by atoms with Crippen molar-refractivity contribution in [2.24, 2.45) is 0 Å². The number of hydrogen-bond donors (Lipinski definition) is 1. The van der Waals surface area contributed by atoms with Gasteiger partial charge in [0.15, 0.2) is 0 Å². The molecule has 0 fully saturated rings. The van der Waals surface area contributed by atoms with E-state index in [2.05, 4.69) is 52.1 Å². The predicted octanol–water partition coefficient (Wildman–Crippen LogP) is 4.24. The maximum atomic E-state index is 13.0. The van der Waals surface area contributed by atoms with Crippen molar-refractivity contribution >= 4 is 27.5 Å². The molecule has 3 rings (SSSR count). The number of fused-ring (bicyclic) bond motifs is 1. The second-order valence-corrected chi connectivity index (χ2v) is 7.56. The van der Waals surface area contributed by atoms with Gasteiger partial charge in [-0.05, 0) is 57.8 Å². The third-order valence-corrected chi connectivity index (χ3v) is 5.47. The zero-order valence-electron chi connectivity index (χ0n) is 14.0. The average Bonchev–Trinajstić information content (AvgIpc) is 3.06. The lowest BCUT2D eigenvalue weighted by Crippen LogP contribution is -2.28. The van der Waals surface area contributed by atoms with E-state index in [4.69, 9.17) is 0 Å². The third kappa shape index (κ3) is 2.61. The Morgan fingerprint density at radius 3 is 2.87 bits per heavy atom. The number of nitrogens with zero attached hydrogens (tertiary/aromatic N) is 2. The van der Waals surface area contributed by atoms with Crippen molar-refractivity contribution in [2.45, 2.75) is 45.4 Å². The maximum Gasteiger partial charge on any atom is 0.262 e. The number of rotatable bonds is 3. The van der Waals surface area contributed by atoms with Crippen molar-refractivity contribution in [3.63, 3.8) is 0 Å². The molecule has 0 saturated carbocycles. The van der Waals surface area contributed by atoms with Crippen molar-refractivity contribution in [3.05, 3.63) is 45.2 Å². The van der Waals surface area contributed by atoms with E-state index in [1.54, 1.807) is 4.90 Å². The molecule has 1 N–H and O–H groups in total. The van der Waals surface area contributed by atoms with Crippen LogP contribution < -0.4 is 4.90 Å². The Morgan fingerprint density at radius 1 is 1.43 bits per heavy atom. The average molecular weight is 376 g/mol. The van der Waals surface area contributed by atoms with Gasteiger partial charge < -0.3 is 4.90 Å². The van der Waals surface area contributed by atoms with E-state index >= 15 is 0 Å². The van der Waals surface area contributed by atoms with Gasteiger partial charge >= 0.3 is 0 Å². The number of anilines is 1. The third-order valence-electron chi connectivity index (χ3n) is 4.89. The number of halogens is 1. The molecule has 1 amide bonds. The summed E-state index contributed by atoms with van der Waals surface area (Å²) < 4.78 is 0.652. The van der Waals surface area contributed by atoms with Crippen LogP contribution in [0.3, 0.4) is 0 Å². The predicted molar refractivity (Wildman–Crippen MR) is 96.2 cm³/mol. The Kier molecular flexibility index (Phi) is 4.08. The number of hydrogen-bond acceptors (Lipinski definition) is 2. The van der Waals surface area contributed by atoms with Crippen molar-refractivity contribution < 1.29 is 4.79 Å². The van der Waals surface area contributed by atoms with Crippen molar-refractivity contribution in [3.8, 4) is 0 Å². The molecule has 2 aromatic rings. The topological polar surface area (TPSA) is 49.0 Å². The second kappa shape index (κ2) is 5.78. The minimum atomic E-state index is -0.0272. The Labute approximate surface area is 145 Å². The largest absolute Gasteiger partial charge is 0.311 e.